The second-order valence-electron chi connectivity index (χ2n) is 7.97. The van der Waals surface area contributed by atoms with Gasteiger partial charge in [0.05, 0.1) is 5.70 Å². The molecule has 0 fully saturated rings. The second-order valence-corrected chi connectivity index (χ2v) is 7.97. The molecule has 0 radical (unpaired) electrons. The van der Waals surface area contributed by atoms with Crippen LogP contribution in [-0.2, 0) is 0 Å². The van der Waals surface area contributed by atoms with Crippen molar-refractivity contribution in [2.75, 3.05) is 0 Å². The van der Waals surface area contributed by atoms with Gasteiger partial charge in [0.15, 0.2) is 5.84 Å². The summed E-state index contributed by atoms with van der Waals surface area (Å²) >= 11 is 0. The molecule has 0 aromatic heterocycles. The predicted octanol–water partition coefficient (Wildman–Crippen LogP) is 7.98. The van der Waals surface area contributed by atoms with Gasteiger partial charge in [0.25, 0.3) is 0 Å². The lowest BCUT2D eigenvalue weighted by atomic mass is 10.0. The fourth-order valence-electron chi connectivity index (χ4n) is 3.72. The summed E-state index contributed by atoms with van der Waals surface area (Å²) in [6, 6.07) is 37.3. The van der Waals surface area contributed by atoms with E-state index in [-0.39, 0.29) is 0 Å². The summed E-state index contributed by atoms with van der Waals surface area (Å²) in [6.07, 6.45) is 0.808. The lowest BCUT2D eigenvalue weighted by molar-refractivity contribution is 1.27. The number of aliphatic imine (C=N–C) groups is 2. The number of hydrogen-bond acceptors (Lipinski definition) is 1. The predicted molar refractivity (Wildman–Crippen MR) is 142 cm³/mol. The molecule has 162 valence electrons. The van der Waals surface area contributed by atoms with Crippen LogP contribution >= 0.6 is 0 Å². The first-order chi connectivity index (χ1) is 16.1. The molecule has 0 aliphatic heterocycles. The average molecular weight is 429 g/mol. The summed E-state index contributed by atoms with van der Waals surface area (Å²) in [5.41, 5.74) is 8.37. The van der Waals surface area contributed by atoms with E-state index in [1.54, 1.807) is 0 Å². The van der Waals surface area contributed by atoms with Gasteiger partial charge in [0, 0.05) is 11.3 Å². The lowest BCUT2D eigenvalue weighted by Crippen LogP contribution is -2.06. The van der Waals surface area contributed by atoms with Crippen LogP contribution in [0.4, 0.5) is 0 Å². The van der Waals surface area contributed by atoms with Gasteiger partial charge < -0.3 is 0 Å². The van der Waals surface area contributed by atoms with Crippen LogP contribution in [0, 0.1) is 6.92 Å². The molecule has 0 saturated heterocycles. The minimum absolute atomic E-state index is 0.667. The van der Waals surface area contributed by atoms with Gasteiger partial charge in [-0.3, -0.25) is 0 Å². The first kappa shape index (κ1) is 22.2. The minimum atomic E-state index is 0.667. The van der Waals surface area contributed by atoms with Crippen LogP contribution in [0.3, 0.4) is 0 Å². The summed E-state index contributed by atoms with van der Waals surface area (Å²) in [6.45, 7) is 8.45. The fraction of sp³-hybridized carbons (Fsp3) is 0.0968. The summed E-state index contributed by atoms with van der Waals surface area (Å²) in [5, 5.41) is 0. The van der Waals surface area contributed by atoms with Crippen molar-refractivity contribution in [3.63, 3.8) is 0 Å². The monoisotopic (exact) mass is 428 g/mol. The number of aryl methyl sites for hydroxylation is 1. The van der Waals surface area contributed by atoms with E-state index in [1.807, 2.05) is 48.5 Å². The van der Waals surface area contributed by atoms with Crippen molar-refractivity contribution in [2.45, 2.75) is 20.3 Å². The maximum Gasteiger partial charge on any atom is 0.160 e. The highest BCUT2D eigenvalue weighted by Crippen LogP contribution is 2.23. The van der Waals surface area contributed by atoms with E-state index in [0.717, 1.165) is 28.8 Å². The molecule has 4 rings (SSSR count). The van der Waals surface area contributed by atoms with E-state index in [1.165, 1.54) is 16.7 Å². The molecule has 2 heteroatoms. The molecule has 0 heterocycles. The van der Waals surface area contributed by atoms with E-state index in [0.29, 0.717) is 11.5 Å². The summed E-state index contributed by atoms with van der Waals surface area (Å²) in [4.78, 5) is 9.90. The van der Waals surface area contributed by atoms with Crippen LogP contribution in [0.1, 0.15) is 35.6 Å². The molecule has 4 aromatic rings. The molecule has 33 heavy (non-hydrogen) atoms. The van der Waals surface area contributed by atoms with E-state index < -0.39 is 0 Å². The maximum atomic E-state index is 5.02. The Balaban J connectivity index is 1.76. The zero-order valence-electron chi connectivity index (χ0n) is 19.2. The van der Waals surface area contributed by atoms with Gasteiger partial charge in [-0.05, 0) is 35.6 Å². The third-order valence-corrected chi connectivity index (χ3v) is 5.53. The van der Waals surface area contributed by atoms with E-state index in [9.17, 15) is 0 Å². The van der Waals surface area contributed by atoms with Crippen LogP contribution < -0.4 is 0 Å². The normalized spacial score (nSPS) is 11.9. The van der Waals surface area contributed by atoms with Gasteiger partial charge in [0.2, 0.25) is 0 Å². The largest absolute Gasteiger partial charge is 0.233 e. The smallest absolute Gasteiger partial charge is 0.160 e. The van der Waals surface area contributed by atoms with Gasteiger partial charge >= 0.3 is 0 Å². The third kappa shape index (κ3) is 5.61. The van der Waals surface area contributed by atoms with E-state index in [4.69, 9.17) is 9.98 Å². The molecule has 0 aliphatic carbocycles. The molecule has 0 bridgehead atoms. The fourth-order valence-corrected chi connectivity index (χ4v) is 3.72. The highest BCUT2D eigenvalue weighted by atomic mass is 14.9. The van der Waals surface area contributed by atoms with Gasteiger partial charge in [-0.2, -0.15) is 0 Å². The Morgan fingerprint density at radius 3 is 1.88 bits per heavy atom. The first-order valence-corrected chi connectivity index (χ1v) is 11.3. The number of amidine groups is 1. The van der Waals surface area contributed by atoms with E-state index >= 15 is 0 Å². The van der Waals surface area contributed by atoms with Crippen molar-refractivity contribution in [1.82, 2.24) is 0 Å². The van der Waals surface area contributed by atoms with Crippen LogP contribution in [-0.4, -0.2) is 11.5 Å². The molecule has 0 aliphatic rings. The SMILES string of the molecule is C=C(N=C(N=C(CC)c1ccccc1)c1ccc(-c2cccc(C)c2)cc1)c1ccccc1. The molecule has 0 atom stereocenters. The second kappa shape index (κ2) is 10.5. The molecule has 4 aromatic carbocycles. The lowest BCUT2D eigenvalue weighted by Gasteiger charge is -2.10. The van der Waals surface area contributed by atoms with Gasteiger partial charge in [-0.1, -0.05) is 128 Å². The number of benzene rings is 4. The maximum absolute atomic E-state index is 5.02. The van der Waals surface area contributed by atoms with Crippen LogP contribution in [0.15, 0.2) is 126 Å². The summed E-state index contributed by atoms with van der Waals surface area (Å²) in [5.74, 6) is 0.667. The first-order valence-electron chi connectivity index (χ1n) is 11.3. The minimum Gasteiger partial charge on any atom is -0.233 e. The molecule has 0 amide bonds. The van der Waals surface area contributed by atoms with Crippen LogP contribution in [0.2, 0.25) is 0 Å². The highest BCUT2D eigenvalue weighted by molar-refractivity contribution is 6.13. The van der Waals surface area contributed by atoms with Crippen molar-refractivity contribution in [2.24, 2.45) is 9.98 Å². The zero-order valence-corrected chi connectivity index (χ0v) is 19.2. The van der Waals surface area contributed by atoms with Crippen LogP contribution in [0.25, 0.3) is 16.8 Å². The van der Waals surface area contributed by atoms with Crippen molar-refractivity contribution in [1.29, 1.82) is 0 Å². The van der Waals surface area contributed by atoms with Crippen molar-refractivity contribution < 1.29 is 0 Å². The van der Waals surface area contributed by atoms with Gasteiger partial charge in [0.1, 0.15) is 0 Å². The summed E-state index contributed by atoms with van der Waals surface area (Å²) < 4.78 is 0. The molecule has 0 N–H and O–H groups in total. The van der Waals surface area contributed by atoms with Crippen LogP contribution in [0.5, 0.6) is 0 Å². The van der Waals surface area contributed by atoms with E-state index in [2.05, 4.69) is 81.1 Å². The number of rotatable bonds is 6. The summed E-state index contributed by atoms with van der Waals surface area (Å²) in [7, 11) is 0. The molecule has 2 nitrogen and oxygen atoms in total. The zero-order chi connectivity index (χ0) is 23.0. The standard InChI is InChI=1S/C31H28N2/c1-4-30(27-15-9-6-10-16-27)33-31(32-24(3)25-13-7-5-8-14-25)28-20-18-26(19-21-28)29-17-11-12-23(2)22-29/h5-22H,3-4H2,1-2H3. The topological polar surface area (TPSA) is 24.7 Å². The number of hydrogen-bond donors (Lipinski definition) is 0. The quantitative estimate of drug-likeness (QED) is 0.220. The molecule has 0 saturated carbocycles. The molecule has 0 unspecified atom stereocenters. The van der Waals surface area contributed by atoms with Crippen molar-refractivity contribution in [3.8, 4) is 11.1 Å². The molecule has 0 spiro atoms. The Labute approximate surface area is 196 Å². The Morgan fingerprint density at radius 1 is 0.636 bits per heavy atom. The van der Waals surface area contributed by atoms with Crippen molar-refractivity contribution >= 4 is 17.2 Å². The Kier molecular flexibility index (Phi) is 7.06. The Hall–Kier alpha value is -4.04. The Morgan fingerprint density at radius 2 is 1.27 bits per heavy atom. The Bertz CT molecular complexity index is 1280. The van der Waals surface area contributed by atoms with Crippen molar-refractivity contribution in [3.05, 3.63) is 138 Å². The number of nitrogens with zero attached hydrogens (tertiary/aromatic N) is 2. The third-order valence-electron chi connectivity index (χ3n) is 5.53. The molecular weight excluding hydrogens is 400 g/mol. The van der Waals surface area contributed by atoms with Gasteiger partial charge in [-0.15, -0.1) is 0 Å². The molecular formula is C31H28N2. The average Bonchev–Trinajstić information content (AvgIpc) is 2.87. The highest BCUT2D eigenvalue weighted by Gasteiger charge is 2.09. The van der Waals surface area contributed by atoms with Gasteiger partial charge in [-0.25, -0.2) is 9.98 Å².